The molecule has 0 aliphatic rings. The summed E-state index contributed by atoms with van der Waals surface area (Å²) in [5.41, 5.74) is 5.68. The van der Waals surface area contributed by atoms with Crippen LogP contribution in [0.5, 0.6) is 0 Å². The van der Waals surface area contributed by atoms with Crippen LogP contribution < -0.4 is 5.32 Å². The zero-order chi connectivity index (χ0) is 23.9. The third-order valence-corrected chi connectivity index (χ3v) is 5.41. The number of hydrogen-bond acceptors (Lipinski definition) is 5. The highest BCUT2D eigenvalue weighted by Crippen LogP contribution is 2.22. The van der Waals surface area contributed by atoms with Crippen molar-refractivity contribution in [3.8, 4) is 0 Å². The molecule has 0 atom stereocenters. The van der Waals surface area contributed by atoms with E-state index < -0.39 is 0 Å². The van der Waals surface area contributed by atoms with E-state index in [9.17, 15) is 4.79 Å². The first-order valence-corrected chi connectivity index (χ1v) is 11.4. The summed E-state index contributed by atoms with van der Waals surface area (Å²) in [7, 11) is 0. The zero-order valence-corrected chi connectivity index (χ0v) is 21.1. The summed E-state index contributed by atoms with van der Waals surface area (Å²) in [4.78, 5) is 16.6. The first kappa shape index (κ1) is 25.3. The van der Waals surface area contributed by atoms with Gasteiger partial charge in [-0.15, -0.1) is 11.3 Å². The van der Waals surface area contributed by atoms with E-state index >= 15 is 0 Å². The van der Waals surface area contributed by atoms with E-state index in [4.69, 9.17) is 4.52 Å². The first-order valence-electron chi connectivity index (χ1n) is 10.5. The van der Waals surface area contributed by atoms with Gasteiger partial charge in [0.2, 0.25) is 0 Å². The Morgan fingerprint density at radius 3 is 2.19 bits per heavy atom. The number of thiazole rings is 1. The highest BCUT2D eigenvalue weighted by atomic mass is 32.1. The smallest absolute Gasteiger partial charge is 0.251 e. The predicted octanol–water partition coefficient (Wildman–Crippen LogP) is 7.03. The molecular weight excluding hydrogens is 418 g/mol. The monoisotopic (exact) mass is 451 g/mol. The van der Waals surface area contributed by atoms with Gasteiger partial charge in [0.1, 0.15) is 5.76 Å². The van der Waals surface area contributed by atoms with Gasteiger partial charge in [0.15, 0.2) is 0 Å². The van der Waals surface area contributed by atoms with E-state index in [1.807, 2.05) is 75.6 Å². The summed E-state index contributed by atoms with van der Waals surface area (Å²) >= 11 is 1.62. The lowest BCUT2D eigenvalue weighted by Crippen LogP contribution is -2.12. The number of carbonyl (C=O) groups excluding carboxylic acids is 1. The van der Waals surface area contributed by atoms with Gasteiger partial charge in [-0.05, 0) is 52.3 Å². The van der Waals surface area contributed by atoms with Crippen LogP contribution in [0, 0.1) is 20.8 Å². The fourth-order valence-electron chi connectivity index (χ4n) is 2.54. The minimum absolute atomic E-state index is 0.0846. The predicted molar refractivity (Wildman–Crippen MR) is 134 cm³/mol. The van der Waals surface area contributed by atoms with E-state index in [-0.39, 0.29) is 11.3 Å². The summed E-state index contributed by atoms with van der Waals surface area (Å²) in [6, 6.07) is 9.73. The Labute approximate surface area is 195 Å². The van der Waals surface area contributed by atoms with Crippen LogP contribution in [0.3, 0.4) is 0 Å². The fraction of sp³-hybridized carbons (Fsp3) is 0.346. The molecule has 0 spiro atoms. The highest BCUT2D eigenvalue weighted by molar-refractivity contribution is 7.09. The van der Waals surface area contributed by atoms with Crippen molar-refractivity contribution in [3.05, 3.63) is 81.2 Å². The third kappa shape index (κ3) is 7.93. The number of amides is 1. The second kappa shape index (κ2) is 11.0. The van der Waals surface area contributed by atoms with Gasteiger partial charge in [-0.25, -0.2) is 4.98 Å². The molecule has 3 rings (SSSR count). The van der Waals surface area contributed by atoms with Crippen molar-refractivity contribution in [1.82, 2.24) is 10.1 Å². The molecule has 0 saturated heterocycles. The Balaban J connectivity index is 0.000000303. The molecule has 32 heavy (non-hydrogen) atoms. The number of carbonyl (C=O) groups is 1. The van der Waals surface area contributed by atoms with Crippen LogP contribution in [0.4, 0.5) is 5.69 Å². The van der Waals surface area contributed by atoms with Gasteiger partial charge in [-0.1, -0.05) is 55.8 Å². The number of allylic oxidation sites excluding steroid dienone is 3. The molecular formula is C26H33N3O2S. The van der Waals surface area contributed by atoms with Crippen molar-refractivity contribution in [3.63, 3.8) is 0 Å². The number of aryl methyl sites for hydroxylation is 3. The van der Waals surface area contributed by atoms with Crippen molar-refractivity contribution in [1.29, 1.82) is 0 Å². The van der Waals surface area contributed by atoms with Crippen LogP contribution in [0.1, 0.15) is 62.3 Å². The summed E-state index contributed by atoms with van der Waals surface area (Å²) in [5.74, 6) is 0.854. The van der Waals surface area contributed by atoms with Crippen molar-refractivity contribution in [2.24, 2.45) is 0 Å². The number of rotatable bonds is 4. The van der Waals surface area contributed by atoms with Crippen molar-refractivity contribution < 1.29 is 9.32 Å². The average molecular weight is 452 g/mol. The quantitative estimate of drug-likeness (QED) is 0.341. The molecule has 1 amide bonds. The minimum Gasteiger partial charge on any atom is -0.361 e. The molecule has 0 fully saturated rings. The molecule has 0 radical (unpaired) electrons. The summed E-state index contributed by atoms with van der Waals surface area (Å²) in [6.45, 7) is 16.0. The van der Waals surface area contributed by atoms with Crippen LogP contribution in [0.15, 0.2) is 58.0 Å². The lowest BCUT2D eigenvalue weighted by atomic mass is 9.93. The molecule has 6 heteroatoms. The van der Waals surface area contributed by atoms with Crippen LogP contribution in [0.2, 0.25) is 0 Å². The number of aromatic nitrogens is 2. The third-order valence-electron chi connectivity index (χ3n) is 4.64. The molecule has 0 unspecified atom stereocenters. The maximum Gasteiger partial charge on any atom is 0.251 e. The van der Waals surface area contributed by atoms with E-state index in [2.05, 4.69) is 36.2 Å². The fourth-order valence-corrected chi connectivity index (χ4v) is 3.21. The van der Waals surface area contributed by atoms with Gasteiger partial charge in [-0.2, -0.15) is 0 Å². The van der Waals surface area contributed by atoms with Crippen LogP contribution in [-0.4, -0.2) is 16.0 Å². The standard InChI is InChI=1S/C18H20N2OS.C8H13NO/c1-12-5-9-16(10-6-12)20-18(21)14(3)8-7-13(2)17-11-22-15(4)19-17;1-6-5-7(10-9-6)8(2,3)4/h5-11H,1-4H3,(H,20,21);5H,1-4H3/b13-7+,14-8+;. The molecule has 1 N–H and O–H groups in total. The number of nitrogens with one attached hydrogen (secondary N) is 1. The molecule has 0 bridgehead atoms. The summed E-state index contributed by atoms with van der Waals surface area (Å²) in [5, 5.41) is 9.76. The molecule has 2 heterocycles. The Bertz CT molecular complexity index is 1100. The lowest BCUT2D eigenvalue weighted by molar-refractivity contribution is -0.112. The van der Waals surface area contributed by atoms with Gasteiger partial charge in [0, 0.05) is 28.1 Å². The maximum absolute atomic E-state index is 12.1. The average Bonchev–Trinajstić information content (AvgIpc) is 3.36. The molecule has 0 aliphatic heterocycles. The second-order valence-electron chi connectivity index (χ2n) is 8.85. The zero-order valence-electron chi connectivity index (χ0n) is 20.2. The van der Waals surface area contributed by atoms with Gasteiger partial charge < -0.3 is 9.84 Å². The van der Waals surface area contributed by atoms with Crippen molar-refractivity contribution >= 4 is 28.5 Å². The van der Waals surface area contributed by atoms with Crippen LogP contribution >= 0.6 is 11.3 Å². The maximum atomic E-state index is 12.1. The second-order valence-corrected chi connectivity index (χ2v) is 9.92. The first-order chi connectivity index (χ1) is 15.0. The topological polar surface area (TPSA) is 68.0 Å². The Kier molecular flexibility index (Phi) is 8.72. The number of hydrogen-bond donors (Lipinski definition) is 1. The normalized spacial score (nSPS) is 12.2. The van der Waals surface area contributed by atoms with E-state index in [1.54, 1.807) is 18.3 Å². The molecule has 5 nitrogen and oxygen atoms in total. The summed E-state index contributed by atoms with van der Waals surface area (Å²) < 4.78 is 5.08. The van der Waals surface area contributed by atoms with Gasteiger partial charge in [0.25, 0.3) is 5.91 Å². The van der Waals surface area contributed by atoms with Gasteiger partial charge in [0.05, 0.1) is 16.4 Å². The largest absolute Gasteiger partial charge is 0.361 e. The molecule has 0 aliphatic carbocycles. The molecule has 2 aromatic heterocycles. The number of anilines is 1. The summed E-state index contributed by atoms with van der Waals surface area (Å²) in [6.07, 6.45) is 3.76. The molecule has 170 valence electrons. The van der Waals surface area contributed by atoms with Crippen molar-refractivity contribution in [2.45, 2.75) is 60.8 Å². The molecule has 3 aromatic rings. The number of nitrogens with zero attached hydrogens (tertiary/aromatic N) is 2. The Hall–Kier alpha value is -2.99. The molecule has 1 aromatic carbocycles. The SMILES string of the molecule is C/C(=C\C=C(/C)c1csc(C)n1)C(=O)Nc1ccc(C)cc1.Cc1cc(C(C)(C)C)on1. The van der Waals surface area contributed by atoms with E-state index in [0.29, 0.717) is 5.57 Å². The van der Waals surface area contributed by atoms with E-state index in [0.717, 1.165) is 33.4 Å². The van der Waals surface area contributed by atoms with E-state index in [1.165, 1.54) is 5.56 Å². The van der Waals surface area contributed by atoms with Crippen molar-refractivity contribution in [2.75, 3.05) is 5.32 Å². The van der Waals surface area contributed by atoms with Crippen LogP contribution in [0.25, 0.3) is 5.57 Å². The minimum atomic E-state index is -0.0950. The Morgan fingerprint density at radius 1 is 1.06 bits per heavy atom. The number of benzene rings is 1. The Morgan fingerprint density at radius 2 is 1.72 bits per heavy atom. The van der Waals surface area contributed by atoms with Gasteiger partial charge >= 0.3 is 0 Å². The molecule has 0 saturated carbocycles. The lowest BCUT2D eigenvalue weighted by Gasteiger charge is -2.11. The van der Waals surface area contributed by atoms with Crippen LogP contribution in [-0.2, 0) is 10.2 Å². The highest BCUT2D eigenvalue weighted by Gasteiger charge is 2.18. The van der Waals surface area contributed by atoms with Gasteiger partial charge in [-0.3, -0.25) is 4.79 Å².